The molecule has 0 aliphatic rings. The second kappa shape index (κ2) is 3.25. The molecule has 0 aromatic carbocycles. The van der Waals surface area contributed by atoms with Crippen molar-refractivity contribution in [3.8, 4) is 0 Å². The van der Waals surface area contributed by atoms with E-state index in [1.165, 1.54) is 0 Å². The third-order valence-corrected chi connectivity index (χ3v) is 0.832. The maximum absolute atomic E-state index is 3.65. The normalized spacial score (nSPS) is 8.50. The van der Waals surface area contributed by atoms with Crippen molar-refractivity contribution in [2.24, 2.45) is 0 Å². The molecule has 0 aliphatic carbocycles. The van der Waals surface area contributed by atoms with E-state index in [0.29, 0.717) is 0 Å². The average Bonchev–Trinajstić information content (AvgIpc) is 1.61. The summed E-state index contributed by atoms with van der Waals surface area (Å²) < 4.78 is 0. The smallest absolute Gasteiger partial charge is 0.0966 e. The molecule has 44 valence electrons. The van der Waals surface area contributed by atoms with Crippen molar-refractivity contribution in [2.75, 3.05) is 0 Å². The summed E-state index contributed by atoms with van der Waals surface area (Å²) in [5, 5.41) is 0. The number of hydrogen-bond acceptors (Lipinski definition) is 0. The van der Waals surface area contributed by atoms with Crippen LogP contribution in [0.15, 0.2) is 24.3 Å². The van der Waals surface area contributed by atoms with Crippen LogP contribution in [0.3, 0.4) is 0 Å². The van der Waals surface area contributed by atoms with Gasteiger partial charge in [-0.05, 0) is 0 Å². The predicted octanol–water partition coefficient (Wildman–Crippen LogP) is 2.55. The molecular formula is C8H12. The van der Waals surface area contributed by atoms with E-state index in [4.69, 9.17) is 0 Å². The fourth-order valence-electron chi connectivity index (χ4n) is 0.354. The molecule has 0 rings (SSSR count). The molecule has 0 N–H and O–H groups in total. The van der Waals surface area contributed by atoms with Crippen molar-refractivity contribution < 1.29 is 0 Å². The fraction of sp³-hybridized carbons (Fsp3) is 0.250. The summed E-state index contributed by atoms with van der Waals surface area (Å²) in [7, 11) is 0. The van der Waals surface area contributed by atoms with Gasteiger partial charge in [0.05, 0.1) is 5.57 Å². The molecule has 0 heteroatoms. The van der Waals surface area contributed by atoms with Gasteiger partial charge in [0.2, 0.25) is 0 Å². The van der Waals surface area contributed by atoms with Gasteiger partial charge < -0.3 is 0 Å². The Balaban J connectivity index is 3.18. The molecule has 0 unspecified atom stereocenters. The molecule has 0 aliphatic heterocycles. The van der Waals surface area contributed by atoms with Gasteiger partial charge in [0, 0.05) is 19.9 Å². The first kappa shape index (κ1) is 7.22. The lowest BCUT2D eigenvalue weighted by molar-refractivity contribution is 0.977. The van der Waals surface area contributed by atoms with E-state index >= 15 is 0 Å². The molecule has 0 atom stereocenters. The van der Waals surface area contributed by atoms with Crippen LogP contribution < -0.4 is 0 Å². The number of allylic oxidation sites excluding steroid dienone is 2. The van der Waals surface area contributed by atoms with Crippen LogP contribution >= 0.6 is 0 Å². The molecule has 8 heavy (non-hydrogen) atoms. The molecular weight excluding hydrogens is 96.1 g/mol. The molecule has 0 spiro atoms. The first-order valence-corrected chi connectivity index (χ1v) is 2.62. The van der Waals surface area contributed by atoms with Crippen LogP contribution in [0.25, 0.3) is 0 Å². The Bertz CT molecular complexity index is 84.6. The minimum absolute atomic E-state index is 0.919. The van der Waals surface area contributed by atoms with Gasteiger partial charge in [-0.15, -0.1) is 0 Å². The van der Waals surface area contributed by atoms with Crippen LogP contribution in [0.1, 0.15) is 12.8 Å². The van der Waals surface area contributed by atoms with Gasteiger partial charge in [-0.2, -0.15) is 0 Å². The van der Waals surface area contributed by atoms with E-state index < -0.39 is 0 Å². The Kier molecular flexibility index (Phi) is 2.93. The number of hydrogen-bond donors (Lipinski definition) is 0. The van der Waals surface area contributed by atoms with E-state index in [-0.39, 0.29) is 0 Å². The van der Waals surface area contributed by atoms with E-state index in [0.717, 1.165) is 24.0 Å². The Morgan fingerprint density at radius 1 is 1.38 bits per heavy atom. The zero-order valence-corrected chi connectivity index (χ0v) is 5.24. The highest BCUT2D eigenvalue weighted by molar-refractivity contribution is 5.05. The molecule has 0 saturated carbocycles. The fourth-order valence-corrected chi connectivity index (χ4v) is 0.354. The standard InChI is InChI=1S/C8H12/c1-7(2)5-6-8(3)4/h1-6H2. The van der Waals surface area contributed by atoms with Crippen LogP contribution in [0, 0.1) is 13.8 Å². The largest absolute Gasteiger partial charge is 0.242 e. The van der Waals surface area contributed by atoms with Crippen molar-refractivity contribution in [3.63, 3.8) is 0 Å². The molecule has 0 radical (unpaired) electrons. The zero-order chi connectivity index (χ0) is 6.57. The summed E-state index contributed by atoms with van der Waals surface area (Å²) in [5.74, 6) is 0. The topological polar surface area (TPSA) is 0 Å². The second-order valence-electron chi connectivity index (χ2n) is 2.00. The monoisotopic (exact) mass is 108 g/mol. The van der Waals surface area contributed by atoms with Crippen molar-refractivity contribution in [3.05, 3.63) is 38.2 Å². The van der Waals surface area contributed by atoms with Crippen LogP contribution in [-0.4, -0.2) is 0 Å². The molecule has 0 aromatic heterocycles. The molecule has 0 aromatic rings. The van der Waals surface area contributed by atoms with Crippen molar-refractivity contribution in [1.82, 2.24) is 0 Å². The second-order valence-corrected chi connectivity index (χ2v) is 2.00. The summed E-state index contributed by atoms with van der Waals surface area (Å²) in [6.45, 7) is 14.6. The van der Waals surface area contributed by atoms with Crippen LogP contribution in [0.5, 0.6) is 0 Å². The van der Waals surface area contributed by atoms with Gasteiger partial charge in [0.15, 0.2) is 0 Å². The lowest BCUT2D eigenvalue weighted by atomic mass is 10.1. The van der Waals surface area contributed by atoms with Crippen molar-refractivity contribution in [2.45, 2.75) is 12.8 Å². The summed E-state index contributed by atoms with van der Waals surface area (Å²) >= 11 is 0. The Morgan fingerprint density at radius 2 is 1.88 bits per heavy atom. The Hall–Kier alpha value is -0.780. The van der Waals surface area contributed by atoms with Gasteiger partial charge in [0.1, 0.15) is 0 Å². The molecule has 0 nitrogen and oxygen atoms in total. The maximum Gasteiger partial charge on any atom is 0.0966 e. The Labute approximate surface area is 51.9 Å². The number of rotatable bonds is 3. The van der Waals surface area contributed by atoms with Gasteiger partial charge in [-0.1, -0.05) is 6.42 Å². The van der Waals surface area contributed by atoms with Gasteiger partial charge in [-0.3, -0.25) is 0 Å². The average molecular weight is 108 g/mol. The summed E-state index contributed by atoms with van der Waals surface area (Å²) in [4.78, 5) is 0. The zero-order valence-electron chi connectivity index (χ0n) is 5.24. The predicted molar refractivity (Wildman–Crippen MR) is 38.2 cm³/mol. The highest BCUT2D eigenvalue weighted by Gasteiger charge is 1.88. The maximum atomic E-state index is 3.65. The summed E-state index contributed by atoms with van der Waals surface area (Å²) in [6.07, 6.45) is 1.84. The third kappa shape index (κ3) is 5.22. The minimum Gasteiger partial charge on any atom is -0.242 e. The van der Waals surface area contributed by atoms with E-state index in [9.17, 15) is 0 Å². The van der Waals surface area contributed by atoms with E-state index in [1.807, 2.05) is 0 Å². The van der Waals surface area contributed by atoms with Gasteiger partial charge >= 0.3 is 0 Å². The summed E-state index contributed by atoms with van der Waals surface area (Å²) in [5.41, 5.74) is 1.91. The lowest BCUT2D eigenvalue weighted by Crippen LogP contribution is -1.76. The Morgan fingerprint density at radius 3 is 2.00 bits per heavy atom. The van der Waals surface area contributed by atoms with Gasteiger partial charge in [-0.25, -0.2) is 19.1 Å². The van der Waals surface area contributed by atoms with E-state index in [2.05, 4.69) is 27.0 Å². The first-order chi connectivity index (χ1) is 3.63. The van der Waals surface area contributed by atoms with Crippen LogP contribution in [-0.2, 0) is 0 Å². The highest BCUT2D eigenvalue weighted by Crippen LogP contribution is 2.05. The third-order valence-electron chi connectivity index (χ3n) is 0.832. The summed E-state index contributed by atoms with van der Waals surface area (Å²) in [6, 6.07) is 0. The molecule has 0 saturated heterocycles. The van der Waals surface area contributed by atoms with Crippen molar-refractivity contribution in [1.29, 1.82) is 0 Å². The first-order valence-electron chi connectivity index (χ1n) is 2.62. The van der Waals surface area contributed by atoms with Crippen molar-refractivity contribution >= 4 is 0 Å². The van der Waals surface area contributed by atoms with Crippen LogP contribution in [0.2, 0.25) is 0 Å². The van der Waals surface area contributed by atoms with Crippen LogP contribution in [0.4, 0.5) is 0 Å². The highest BCUT2D eigenvalue weighted by atomic mass is 13.9. The SMILES string of the molecule is C=C([CH2+])CCC(=C)[CH2-]. The van der Waals surface area contributed by atoms with Gasteiger partial charge in [0.25, 0.3) is 0 Å². The molecule has 0 amide bonds. The minimum atomic E-state index is 0.919. The quantitative estimate of drug-likeness (QED) is 0.487. The molecule has 0 fully saturated rings. The van der Waals surface area contributed by atoms with E-state index in [1.54, 1.807) is 0 Å². The molecule has 0 bridgehead atoms. The lowest BCUT2D eigenvalue weighted by Gasteiger charge is -1.98. The molecule has 0 heterocycles.